The Balaban J connectivity index is 2.55. The van der Waals surface area contributed by atoms with Gasteiger partial charge in [-0.05, 0) is 25.2 Å². The number of nitrogens with zero attached hydrogens (tertiary/aromatic N) is 1. The summed E-state index contributed by atoms with van der Waals surface area (Å²) >= 11 is 5.78. The first kappa shape index (κ1) is 15.2. The van der Waals surface area contributed by atoms with Gasteiger partial charge >= 0.3 is 0 Å². The van der Waals surface area contributed by atoms with Crippen molar-refractivity contribution in [3.8, 4) is 5.75 Å². The third-order valence-corrected chi connectivity index (χ3v) is 3.07. The number of quaternary nitrogens is 1. The molecule has 1 aromatic carbocycles. The SMILES string of the molecule is CCN(CC)CCOc1ccc(Cl)c([NH+]([O-])O)c1. The zero-order chi connectivity index (χ0) is 13.5. The van der Waals surface area contributed by atoms with Crippen molar-refractivity contribution in [3.05, 3.63) is 28.4 Å². The Labute approximate surface area is 112 Å². The normalized spacial score (nSPS) is 12.8. The predicted molar refractivity (Wildman–Crippen MR) is 70.5 cm³/mol. The van der Waals surface area contributed by atoms with E-state index >= 15 is 0 Å². The fraction of sp³-hybridized carbons (Fsp3) is 0.500. The molecule has 0 saturated carbocycles. The largest absolute Gasteiger partial charge is 0.595 e. The molecule has 102 valence electrons. The molecular weight excluding hydrogens is 256 g/mol. The van der Waals surface area contributed by atoms with Crippen LogP contribution >= 0.6 is 11.6 Å². The Morgan fingerprint density at radius 1 is 1.39 bits per heavy atom. The molecule has 0 radical (unpaired) electrons. The maximum atomic E-state index is 10.9. The third-order valence-electron chi connectivity index (χ3n) is 2.74. The summed E-state index contributed by atoms with van der Waals surface area (Å²) in [4.78, 5) is 2.23. The molecule has 0 aliphatic carbocycles. The Morgan fingerprint density at radius 3 is 2.61 bits per heavy atom. The van der Waals surface area contributed by atoms with Crippen molar-refractivity contribution in [1.29, 1.82) is 0 Å². The van der Waals surface area contributed by atoms with E-state index < -0.39 is 5.23 Å². The quantitative estimate of drug-likeness (QED) is 0.739. The molecule has 5 nitrogen and oxygen atoms in total. The molecule has 2 N–H and O–H groups in total. The van der Waals surface area contributed by atoms with Crippen LogP contribution in [0.15, 0.2) is 18.2 Å². The number of rotatable bonds is 7. The fourth-order valence-electron chi connectivity index (χ4n) is 1.59. The lowest BCUT2D eigenvalue weighted by Crippen LogP contribution is -2.99. The van der Waals surface area contributed by atoms with Gasteiger partial charge < -0.3 is 14.8 Å². The Bertz CT molecular complexity index is 370. The maximum Gasteiger partial charge on any atom is 0.186 e. The van der Waals surface area contributed by atoms with Crippen LogP contribution in [0.5, 0.6) is 5.75 Å². The van der Waals surface area contributed by atoms with Gasteiger partial charge in [-0.15, -0.1) is 0 Å². The summed E-state index contributed by atoms with van der Waals surface area (Å²) in [5, 5.41) is 19.0. The van der Waals surface area contributed by atoms with Gasteiger partial charge in [0.25, 0.3) is 0 Å². The zero-order valence-electron chi connectivity index (χ0n) is 10.6. The van der Waals surface area contributed by atoms with Crippen molar-refractivity contribution in [3.63, 3.8) is 0 Å². The average Bonchev–Trinajstić information content (AvgIpc) is 2.36. The second-order valence-electron chi connectivity index (χ2n) is 3.82. The average molecular weight is 275 g/mol. The van der Waals surface area contributed by atoms with E-state index in [1.807, 2.05) is 0 Å². The summed E-state index contributed by atoms with van der Waals surface area (Å²) in [6, 6.07) is 4.67. The molecule has 0 aromatic heterocycles. The van der Waals surface area contributed by atoms with Gasteiger partial charge in [0, 0.05) is 12.6 Å². The van der Waals surface area contributed by atoms with Crippen molar-refractivity contribution >= 4 is 17.3 Å². The van der Waals surface area contributed by atoms with Gasteiger partial charge in [-0.2, -0.15) is 5.23 Å². The molecule has 1 aromatic rings. The summed E-state index contributed by atoms with van der Waals surface area (Å²) in [6.07, 6.45) is 0. The molecule has 6 heteroatoms. The molecule has 0 amide bonds. The van der Waals surface area contributed by atoms with Gasteiger partial charge in [0.15, 0.2) is 5.69 Å². The van der Waals surface area contributed by atoms with Crippen molar-refractivity contribution in [1.82, 2.24) is 4.90 Å². The van der Waals surface area contributed by atoms with Gasteiger partial charge in [0.05, 0.1) is 0 Å². The van der Waals surface area contributed by atoms with Crippen LogP contribution in [0, 0.1) is 5.21 Å². The molecule has 0 bridgehead atoms. The number of halogens is 1. The van der Waals surface area contributed by atoms with Crippen molar-refractivity contribution < 1.29 is 15.2 Å². The summed E-state index contributed by atoms with van der Waals surface area (Å²) in [5.41, 5.74) is 0.0667. The number of nitrogens with one attached hydrogen (secondary N) is 1. The highest BCUT2D eigenvalue weighted by molar-refractivity contribution is 6.32. The van der Waals surface area contributed by atoms with Crippen molar-refractivity contribution in [2.45, 2.75) is 13.8 Å². The van der Waals surface area contributed by atoms with E-state index in [1.165, 1.54) is 12.1 Å². The molecule has 0 fully saturated rings. The van der Waals surface area contributed by atoms with E-state index in [4.69, 9.17) is 21.5 Å². The predicted octanol–water partition coefficient (Wildman–Crippen LogP) is 1.46. The standard InChI is InChI=1S/C12H19ClN2O3/c1-3-14(4-2)7-8-18-10-5-6-11(13)12(9-10)15(16)17/h5-6,9,15-16H,3-4,7-8H2,1-2H3. The number of hydrogen-bond acceptors (Lipinski definition) is 4. The third kappa shape index (κ3) is 4.44. The first-order chi connectivity index (χ1) is 8.58. The molecule has 1 rings (SSSR count). The van der Waals surface area contributed by atoms with Gasteiger partial charge in [0.2, 0.25) is 0 Å². The number of likely N-dealkylation sites (N-methyl/N-ethyl adjacent to an activating group) is 1. The second kappa shape index (κ2) is 7.56. The number of hydrogen-bond donors (Lipinski definition) is 2. The van der Waals surface area contributed by atoms with Gasteiger partial charge in [-0.3, -0.25) is 0 Å². The van der Waals surface area contributed by atoms with Gasteiger partial charge in [-0.1, -0.05) is 25.4 Å². The topological polar surface area (TPSA) is 60.2 Å². The second-order valence-corrected chi connectivity index (χ2v) is 4.23. The molecule has 0 saturated heterocycles. The van der Waals surface area contributed by atoms with E-state index in [0.717, 1.165) is 19.6 Å². The van der Waals surface area contributed by atoms with E-state index in [-0.39, 0.29) is 10.7 Å². The molecule has 0 aliphatic rings. The van der Waals surface area contributed by atoms with Gasteiger partial charge in [-0.25, -0.2) is 5.21 Å². The molecule has 1 unspecified atom stereocenters. The lowest BCUT2D eigenvalue weighted by molar-refractivity contribution is -0.991. The maximum absolute atomic E-state index is 10.9. The van der Waals surface area contributed by atoms with Crippen LogP contribution in [0.4, 0.5) is 5.69 Å². The fourth-order valence-corrected chi connectivity index (χ4v) is 1.79. The van der Waals surface area contributed by atoms with E-state index in [1.54, 1.807) is 6.07 Å². The lowest BCUT2D eigenvalue weighted by Gasteiger charge is -2.18. The van der Waals surface area contributed by atoms with Crippen LogP contribution in [0.1, 0.15) is 13.8 Å². The highest BCUT2D eigenvalue weighted by Gasteiger charge is 2.09. The van der Waals surface area contributed by atoms with Gasteiger partial charge in [0.1, 0.15) is 17.4 Å². The van der Waals surface area contributed by atoms with E-state index in [2.05, 4.69) is 18.7 Å². The minimum atomic E-state index is -1.05. The molecule has 0 aliphatic heterocycles. The summed E-state index contributed by atoms with van der Waals surface area (Å²) < 4.78 is 5.52. The smallest absolute Gasteiger partial charge is 0.186 e. The molecule has 1 atom stereocenters. The van der Waals surface area contributed by atoms with Crippen molar-refractivity contribution in [2.24, 2.45) is 0 Å². The van der Waals surface area contributed by atoms with Crippen LogP contribution in [0.2, 0.25) is 5.02 Å². The summed E-state index contributed by atoms with van der Waals surface area (Å²) in [7, 11) is 0. The van der Waals surface area contributed by atoms with Crippen molar-refractivity contribution in [2.75, 3.05) is 26.2 Å². The minimum absolute atomic E-state index is 0.0667. The minimum Gasteiger partial charge on any atom is -0.595 e. The van der Waals surface area contributed by atoms with E-state index in [9.17, 15) is 5.21 Å². The Morgan fingerprint density at radius 2 is 2.06 bits per heavy atom. The van der Waals surface area contributed by atoms with Crippen LogP contribution in [0.25, 0.3) is 0 Å². The summed E-state index contributed by atoms with van der Waals surface area (Å²) in [5.74, 6) is 0.531. The Hall–Kier alpha value is -0.850. The van der Waals surface area contributed by atoms with Crippen LogP contribution < -0.4 is 9.96 Å². The molecule has 0 heterocycles. The number of ether oxygens (including phenoxy) is 1. The summed E-state index contributed by atoms with van der Waals surface area (Å²) in [6.45, 7) is 7.48. The zero-order valence-corrected chi connectivity index (χ0v) is 11.4. The molecular formula is C12H19ClN2O3. The Kier molecular flexibility index (Phi) is 6.38. The number of benzene rings is 1. The van der Waals surface area contributed by atoms with E-state index in [0.29, 0.717) is 12.4 Å². The lowest BCUT2D eigenvalue weighted by atomic mass is 10.3. The highest BCUT2D eigenvalue weighted by Crippen LogP contribution is 2.23. The van der Waals surface area contributed by atoms with Crippen LogP contribution in [-0.2, 0) is 0 Å². The van der Waals surface area contributed by atoms with Crippen LogP contribution in [0.3, 0.4) is 0 Å². The highest BCUT2D eigenvalue weighted by atomic mass is 35.5. The molecule has 0 spiro atoms. The first-order valence-electron chi connectivity index (χ1n) is 5.96. The first-order valence-corrected chi connectivity index (χ1v) is 6.34. The van der Waals surface area contributed by atoms with Crippen LogP contribution in [-0.4, -0.2) is 36.3 Å². The molecule has 18 heavy (non-hydrogen) atoms. The monoisotopic (exact) mass is 274 g/mol.